The average molecular weight is 365 g/mol. The number of hydrogen-bond acceptors (Lipinski definition) is 5. The lowest BCUT2D eigenvalue weighted by molar-refractivity contribution is -0.276. The molecule has 0 bridgehead atoms. The van der Waals surface area contributed by atoms with E-state index in [1.54, 1.807) is 20.8 Å². The molecule has 22 heavy (non-hydrogen) atoms. The molecule has 1 amide bonds. The van der Waals surface area contributed by atoms with Crippen LogP contribution in [0, 0.1) is 0 Å². The number of fused-ring (bicyclic) bond motifs is 1. The largest absolute Gasteiger partial charge is 0.444 e. The second-order valence-corrected chi connectivity index (χ2v) is 7.18. The van der Waals surface area contributed by atoms with Crippen LogP contribution >= 0.6 is 15.9 Å². The number of hydrogen-bond donors (Lipinski definition) is 2. The Hall–Kier alpha value is -1.05. The van der Waals surface area contributed by atoms with Crippen molar-refractivity contribution in [2.24, 2.45) is 0 Å². The molecule has 0 aliphatic carbocycles. The van der Waals surface area contributed by atoms with E-state index in [0.29, 0.717) is 9.37 Å². The summed E-state index contributed by atoms with van der Waals surface area (Å²) in [5.41, 5.74) is -0.545. The number of nitrogens with zero attached hydrogens (tertiary/aromatic N) is 2. The Morgan fingerprint density at radius 2 is 2.05 bits per heavy atom. The molecule has 9 heteroatoms. The van der Waals surface area contributed by atoms with Gasteiger partial charge >= 0.3 is 6.09 Å². The third kappa shape index (κ3) is 3.16. The number of aromatic nitrogens is 1. The van der Waals surface area contributed by atoms with E-state index < -0.39 is 22.9 Å². The molecule has 0 saturated heterocycles. The predicted molar refractivity (Wildman–Crippen MR) is 84.1 cm³/mol. The molecule has 6 nitrogen and oxygen atoms in total. The van der Waals surface area contributed by atoms with Crippen LogP contribution in [0.4, 0.5) is 4.79 Å². The number of rotatable bonds is 0. The summed E-state index contributed by atoms with van der Waals surface area (Å²) in [5.74, 6) is -2.74. The highest BCUT2D eigenvalue weighted by atomic mass is 79.9. The van der Waals surface area contributed by atoms with Crippen molar-refractivity contribution in [3.63, 3.8) is 0 Å². The molecular formula is C13H15B2BrN2O4. The molecule has 0 aromatic carbocycles. The van der Waals surface area contributed by atoms with Gasteiger partial charge in [0.2, 0.25) is 0 Å². The second-order valence-electron chi connectivity index (χ2n) is 6.27. The van der Waals surface area contributed by atoms with Crippen LogP contribution in [0.3, 0.4) is 0 Å². The number of amides is 1. The number of carbonyl (C=O) groups is 1. The summed E-state index contributed by atoms with van der Waals surface area (Å²) < 4.78 is 5.69. The topological polar surface area (TPSA) is 82.9 Å². The first-order valence-electron chi connectivity index (χ1n) is 6.55. The van der Waals surface area contributed by atoms with E-state index in [9.17, 15) is 15.0 Å². The summed E-state index contributed by atoms with van der Waals surface area (Å²) in [6.45, 7) is 4.93. The molecule has 0 saturated carbocycles. The maximum absolute atomic E-state index is 12.3. The Kier molecular flexibility index (Phi) is 4.13. The molecular weight excluding hydrogens is 350 g/mol. The summed E-state index contributed by atoms with van der Waals surface area (Å²) in [6.07, 6.45) is 0.388. The van der Waals surface area contributed by atoms with Gasteiger partial charge in [0, 0.05) is 10.7 Å². The molecule has 2 N–H and O–H groups in total. The molecule has 1 aliphatic rings. The molecule has 1 aromatic heterocycles. The van der Waals surface area contributed by atoms with Crippen LogP contribution in [0.15, 0.2) is 16.7 Å². The molecule has 1 aliphatic heterocycles. The average Bonchev–Trinajstić information content (AvgIpc) is 2.26. The Morgan fingerprint density at radius 3 is 2.59 bits per heavy atom. The summed E-state index contributed by atoms with van der Waals surface area (Å²) in [6, 6.07) is 1.44. The van der Waals surface area contributed by atoms with E-state index >= 15 is 0 Å². The van der Waals surface area contributed by atoms with Gasteiger partial charge in [0.15, 0.2) is 0 Å². The Balaban J connectivity index is 2.52. The normalized spacial score (nSPS) is 19.5. The zero-order chi connectivity index (χ0) is 16.9. The molecule has 2 rings (SSSR count). The molecule has 0 fully saturated rings. The highest BCUT2D eigenvalue weighted by Crippen LogP contribution is 2.38. The quantitative estimate of drug-likeness (QED) is 0.523. The van der Waals surface area contributed by atoms with Crippen molar-refractivity contribution < 1.29 is 19.7 Å². The van der Waals surface area contributed by atoms with E-state index in [-0.39, 0.29) is 17.7 Å². The Bertz CT molecular complexity index is 617. The lowest BCUT2D eigenvalue weighted by atomic mass is 9.56. The zero-order valence-electron chi connectivity index (χ0n) is 12.5. The van der Waals surface area contributed by atoms with Crippen molar-refractivity contribution in [3.05, 3.63) is 28.0 Å². The summed E-state index contributed by atoms with van der Waals surface area (Å²) in [5, 5.41) is 19.1. The van der Waals surface area contributed by atoms with E-state index in [0.717, 1.165) is 0 Å². The minimum Gasteiger partial charge on any atom is -0.444 e. The Morgan fingerprint density at radius 1 is 1.45 bits per heavy atom. The van der Waals surface area contributed by atoms with Gasteiger partial charge in [-0.3, -0.25) is 9.88 Å². The van der Waals surface area contributed by atoms with Gasteiger partial charge in [-0.2, -0.15) is 0 Å². The highest BCUT2D eigenvalue weighted by molar-refractivity contribution is 9.10. The van der Waals surface area contributed by atoms with Gasteiger partial charge in [-0.1, -0.05) is 0 Å². The van der Waals surface area contributed by atoms with Crippen LogP contribution in [0.25, 0.3) is 0 Å². The first-order chi connectivity index (χ1) is 9.84. The van der Waals surface area contributed by atoms with Gasteiger partial charge in [-0.25, -0.2) is 4.79 Å². The zero-order valence-corrected chi connectivity index (χ0v) is 14.1. The predicted octanol–water partition coefficient (Wildman–Crippen LogP) is 0.723. The minimum atomic E-state index is -2.74. The first-order valence-corrected chi connectivity index (χ1v) is 7.34. The minimum absolute atomic E-state index is 0.0132. The van der Waals surface area contributed by atoms with Crippen LogP contribution in [0.1, 0.15) is 32.0 Å². The number of pyridine rings is 1. The van der Waals surface area contributed by atoms with Crippen molar-refractivity contribution >= 4 is 37.7 Å². The van der Waals surface area contributed by atoms with Crippen molar-refractivity contribution in [1.29, 1.82) is 0 Å². The smallest absolute Gasteiger partial charge is 0.413 e. The maximum Gasteiger partial charge on any atom is 0.413 e. The van der Waals surface area contributed by atoms with Crippen LogP contribution in [0.5, 0.6) is 0 Å². The SMILES string of the molecule is [B]C1([B])Cc2ncc(Br)cc2C(O)(O)N1C(=O)OC(C)(C)C. The Labute approximate surface area is 139 Å². The van der Waals surface area contributed by atoms with Crippen molar-refractivity contribution in [2.45, 2.75) is 44.0 Å². The monoisotopic (exact) mass is 364 g/mol. The third-order valence-electron chi connectivity index (χ3n) is 3.05. The summed E-state index contributed by atoms with van der Waals surface area (Å²) >= 11 is 3.19. The maximum atomic E-state index is 12.3. The van der Waals surface area contributed by atoms with Gasteiger partial charge in [0.05, 0.1) is 26.9 Å². The molecule has 114 valence electrons. The van der Waals surface area contributed by atoms with Crippen molar-refractivity contribution in [1.82, 2.24) is 9.88 Å². The number of carbonyl (C=O) groups excluding carboxylic acids is 1. The molecule has 1 aromatic rings. The van der Waals surface area contributed by atoms with Crippen LogP contribution < -0.4 is 0 Å². The van der Waals surface area contributed by atoms with Gasteiger partial charge in [0.1, 0.15) is 5.60 Å². The number of aliphatic hydroxyl groups is 2. The number of halogens is 1. The van der Waals surface area contributed by atoms with E-state index in [4.69, 9.17) is 20.4 Å². The second kappa shape index (κ2) is 5.25. The molecule has 0 unspecified atom stereocenters. The van der Waals surface area contributed by atoms with Crippen molar-refractivity contribution in [3.8, 4) is 0 Å². The third-order valence-corrected chi connectivity index (χ3v) is 3.49. The van der Waals surface area contributed by atoms with Crippen LogP contribution in [-0.2, 0) is 17.1 Å². The molecule has 4 radical (unpaired) electrons. The standard InChI is InChI=1S/C13H15B2BrN2O4/c1-11(2,3)22-10(19)18-12(14,15)5-9-8(13(18,20)21)4-7(16)6-17-9/h4,6,20-21H,5H2,1-3H3. The molecule has 0 atom stereocenters. The lowest BCUT2D eigenvalue weighted by Gasteiger charge is -2.50. The van der Waals surface area contributed by atoms with E-state index in [1.165, 1.54) is 12.3 Å². The fourth-order valence-electron chi connectivity index (χ4n) is 2.26. The fourth-order valence-corrected chi connectivity index (χ4v) is 2.59. The summed E-state index contributed by atoms with van der Waals surface area (Å²) in [7, 11) is 11.8. The lowest BCUT2D eigenvalue weighted by Crippen LogP contribution is -2.67. The number of ether oxygens (including phenoxy) is 1. The highest BCUT2D eigenvalue weighted by Gasteiger charge is 2.52. The van der Waals surface area contributed by atoms with Gasteiger partial charge in [0.25, 0.3) is 5.91 Å². The van der Waals surface area contributed by atoms with E-state index in [2.05, 4.69) is 20.9 Å². The van der Waals surface area contributed by atoms with Crippen LogP contribution in [0.2, 0.25) is 0 Å². The fraction of sp³-hybridized carbons (Fsp3) is 0.538. The van der Waals surface area contributed by atoms with Gasteiger partial charge in [-0.15, -0.1) is 0 Å². The van der Waals surface area contributed by atoms with Gasteiger partial charge in [-0.05, 0) is 54.5 Å². The van der Waals surface area contributed by atoms with Crippen molar-refractivity contribution in [2.75, 3.05) is 0 Å². The first kappa shape index (κ1) is 17.3. The van der Waals surface area contributed by atoms with E-state index in [1.807, 2.05) is 0 Å². The van der Waals surface area contributed by atoms with Gasteiger partial charge < -0.3 is 14.9 Å². The molecule has 0 spiro atoms. The van der Waals surface area contributed by atoms with Crippen LogP contribution in [-0.4, -0.2) is 52.8 Å². The summed E-state index contributed by atoms with van der Waals surface area (Å²) in [4.78, 5) is 16.9. The molecule has 2 heterocycles.